The summed E-state index contributed by atoms with van der Waals surface area (Å²) < 4.78 is 21.0. The van der Waals surface area contributed by atoms with Crippen molar-refractivity contribution >= 4 is 20.0 Å². The fourth-order valence-corrected chi connectivity index (χ4v) is 6.15. The molecule has 2 aliphatic rings. The van der Waals surface area contributed by atoms with Crippen LogP contribution in [0.5, 0.6) is 0 Å². The molecule has 0 unspecified atom stereocenters. The molecule has 2 aliphatic heterocycles. The van der Waals surface area contributed by atoms with Gasteiger partial charge in [0.05, 0.1) is 0 Å². The van der Waals surface area contributed by atoms with Gasteiger partial charge in [-0.1, -0.05) is 0 Å². The Bertz CT molecular complexity index is 87.6. The van der Waals surface area contributed by atoms with Gasteiger partial charge in [-0.15, -0.1) is 0 Å². The van der Waals surface area contributed by atoms with Gasteiger partial charge in [0.25, 0.3) is 0 Å². The predicted molar refractivity (Wildman–Crippen MR) is 29.6 cm³/mol. The number of hydrogen-bond acceptors (Lipinski definition) is 4. The van der Waals surface area contributed by atoms with E-state index in [2.05, 4.69) is 0 Å². The average Bonchev–Trinajstić information content (AvgIpc) is 2.45. The summed E-state index contributed by atoms with van der Waals surface area (Å²) in [5, 5.41) is 0. The van der Waals surface area contributed by atoms with Gasteiger partial charge in [0.2, 0.25) is 0 Å². The van der Waals surface area contributed by atoms with Gasteiger partial charge in [-0.3, -0.25) is 0 Å². The van der Waals surface area contributed by atoms with E-state index in [1.54, 1.807) is 0 Å². The average molecular weight is 239 g/mol. The molecule has 52 valence electrons. The van der Waals surface area contributed by atoms with Crippen molar-refractivity contribution < 1.29 is 12.3 Å². The second kappa shape index (κ2) is 2.35. The molecule has 4 nitrogen and oxygen atoms in total. The third-order valence-electron chi connectivity index (χ3n) is 1.28. The molecule has 0 aromatic rings. The van der Waals surface area contributed by atoms with Crippen molar-refractivity contribution in [3.05, 3.63) is 0 Å². The van der Waals surface area contributed by atoms with Gasteiger partial charge in [0, 0.05) is 0 Å². The van der Waals surface area contributed by atoms with Crippen molar-refractivity contribution in [2.24, 2.45) is 0 Å². The third kappa shape index (κ3) is 1.10. The Labute approximate surface area is 59.1 Å². The van der Waals surface area contributed by atoms with E-state index in [1.807, 2.05) is 0 Å². The summed E-state index contributed by atoms with van der Waals surface area (Å²) >= 11 is -3.16. The summed E-state index contributed by atoms with van der Waals surface area (Å²) in [5.41, 5.74) is 0. The first-order chi connectivity index (χ1) is 4.41. The zero-order chi connectivity index (χ0) is 6.16. The van der Waals surface area contributed by atoms with E-state index < -0.39 is 20.0 Å². The fraction of sp³-hybridized carbons (Fsp3) is 1.00. The van der Waals surface area contributed by atoms with E-state index >= 15 is 0 Å². The topological polar surface area (TPSA) is 36.9 Å². The van der Waals surface area contributed by atoms with E-state index in [9.17, 15) is 0 Å². The molecule has 2 fully saturated rings. The van der Waals surface area contributed by atoms with Crippen LogP contribution in [-0.2, 0) is 12.3 Å². The van der Waals surface area contributed by atoms with Gasteiger partial charge < -0.3 is 0 Å². The Morgan fingerprint density at radius 2 is 1.00 bits per heavy atom. The standard InChI is InChI=1S/2C2H4O2.Sn/c2*3-1-2-4;/h2*1-2H2;/q2*-2;+4. The molecule has 0 atom stereocenters. The van der Waals surface area contributed by atoms with Crippen molar-refractivity contribution in [3.8, 4) is 0 Å². The van der Waals surface area contributed by atoms with Crippen LogP contribution < -0.4 is 0 Å². The van der Waals surface area contributed by atoms with Crippen LogP contribution in [0.2, 0.25) is 0 Å². The van der Waals surface area contributed by atoms with E-state index in [4.69, 9.17) is 12.3 Å². The van der Waals surface area contributed by atoms with Crippen LogP contribution in [0.25, 0.3) is 0 Å². The molecular weight excluding hydrogens is 231 g/mol. The first-order valence-electron chi connectivity index (χ1n) is 2.97. The van der Waals surface area contributed by atoms with Gasteiger partial charge in [-0.05, 0) is 0 Å². The zero-order valence-electron chi connectivity index (χ0n) is 4.96. The summed E-state index contributed by atoms with van der Waals surface area (Å²) in [7, 11) is 0. The molecule has 1 spiro atoms. The molecular formula is C4H8O4Sn. The summed E-state index contributed by atoms with van der Waals surface area (Å²) in [4.78, 5) is 0. The second-order valence-electron chi connectivity index (χ2n) is 1.89. The Kier molecular flexibility index (Phi) is 1.66. The minimum absolute atomic E-state index is 0.649. The van der Waals surface area contributed by atoms with Gasteiger partial charge in [0.1, 0.15) is 0 Å². The summed E-state index contributed by atoms with van der Waals surface area (Å²) in [6, 6.07) is 0. The molecule has 0 amide bonds. The number of hydrogen-bond donors (Lipinski definition) is 0. The third-order valence-corrected chi connectivity index (χ3v) is 7.65. The fourth-order valence-electron chi connectivity index (χ4n) is 0.917. The van der Waals surface area contributed by atoms with E-state index in [1.165, 1.54) is 0 Å². The van der Waals surface area contributed by atoms with Crippen LogP contribution in [0.3, 0.4) is 0 Å². The van der Waals surface area contributed by atoms with Crippen molar-refractivity contribution in [2.45, 2.75) is 0 Å². The van der Waals surface area contributed by atoms with Crippen LogP contribution in [-0.4, -0.2) is 46.5 Å². The molecule has 2 rings (SSSR count). The second-order valence-corrected chi connectivity index (χ2v) is 8.04. The van der Waals surface area contributed by atoms with Crippen LogP contribution in [0.1, 0.15) is 0 Å². The SMILES string of the molecule is C1C[O][Sn]2([O]1)[O]CC[O]2. The predicted octanol–water partition coefficient (Wildman–Crippen LogP) is -0.484. The van der Waals surface area contributed by atoms with Gasteiger partial charge in [-0.2, -0.15) is 0 Å². The van der Waals surface area contributed by atoms with Crippen LogP contribution in [0, 0.1) is 0 Å². The van der Waals surface area contributed by atoms with Crippen LogP contribution in [0.15, 0.2) is 0 Å². The Hall–Kier alpha value is 0.639. The maximum atomic E-state index is 5.24. The first-order valence-corrected chi connectivity index (χ1v) is 7.63. The van der Waals surface area contributed by atoms with Crippen molar-refractivity contribution in [2.75, 3.05) is 26.4 Å². The molecule has 0 aromatic carbocycles. The quantitative estimate of drug-likeness (QED) is 0.534. The molecule has 0 aromatic heterocycles. The molecule has 2 heterocycles. The summed E-state index contributed by atoms with van der Waals surface area (Å²) in [5.74, 6) is 0. The molecule has 0 N–H and O–H groups in total. The Balaban J connectivity index is 2.04. The molecule has 0 aliphatic carbocycles. The normalized spacial score (nSPS) is 32.0. The van der Waals surface area contributed by atoms with Crippen molar-refractivity contribution in [1.82, 2.24) is 0 Å². The van der Waals surface area contributed by atoms with Crippen molar-refractivity contribution in [1.29, 1.82) is 0 Å². The minimum atomic E-state index is -3.16. The summed E-state index contributed by atoms with van der Waals surface area (Å²) in [6.45, 7) is 2.60. The Morgan fingerprint density at radius 1 is 0.667 bits per heavy atom. The molecule has 5 heteroatoms. The molecule has 0 saturated carbocycles. The Morgan fingerprint density at radius 3 is 1.33 bits per heavy atom. The molecule has 9 heavy (non-hydrogen) atoms. The maximum absolute atomic E-state index is 5.24. The van der Waals surface area contributed by atoms with Gasteiger partial charge in [0.15, 0.2) is 0 Å². The summed E-state index contributed by atoms with van der Waals surface area (Å²) in [6.07, 6.45) is 0. The zero-order valence-corrected chi connectivity index (χ0v) is 7.82. The van der Waals surface area contributed by atoms with E-state index in [0.717, 1.165) is 0 Å². The first kappa shape index (κ1) is 6.36. The van der Waals surface area contributed by atoms with E-state index in [-0.39, 0.29) is 0 Å². The van der Waals surface area contributed by atoms with Crippen LogP contribution >= 0.6 is 0 Å². The molecule has 0 bridgehead atoms. The van der Waals surface area contributed by atoms with Gasteiger partial charge >= 0.3 is 58.8 Å². The van der Waals surface area contributed by atoms with E-state index in [0.29, 0.717) is 26.4 Å². The monoisotopic (exact) mass is 240 g/mol. The number of rotatable bonds is 0. The van der Waals surface area contributed by atoms with Crippen LogP contribution in [0.4, 0.5) is 0 Å². The molecule has 0 radical (unpaired) electrons. The molecule has 2 saturated heterocycles. The van der Waals surface area contributed by atoms with Gasteiger partial charge in [-0.25, -0.2) is 0 Å². The van der Waals surface area contributed by atoms with Crippen molar-refractivity contribution in [3.63, 3.8) is 0 Å².